The van der Waals surface area contributed by atoms with Gasteiger partial charge in [-0.25, -0.2) is 0 Å². The Balaban J connectivity index is 1.93. The number of aryl methyl sites for hydroxylation is 1. The molecule has 0 unspecified atom stereocenters. The molecule has 2 amide bonds. The van der Waals surface area contributed by atoms with Gasteiger partial charge in [-0.3, -0.25) is 9.59 Å². The summed E-state index contributed by atoms with van der Waals surface area (Å²) >= 11 is 0. The van der Waals surface area contributed by atoms with Gasteiger partial charge in [0.1, 0.15) is 0 Å². The monoisotopic (exact) mass is 387 g/mol. The molecule has 1 aromatic rings. The quantitative estimate of drug-likeness (QED) is 0.717. The van der Waals surface area contributed by atoms with E-state index in [4.69, 9.17) is 0 Å². The molecule has 0 atom stereocenters. The molecule has 1 aliphatic heterocycles. The molecule has 1 saturated heterocycles. The number of anilines is 2. The number of nitrogens with zero attached hydrogens (tertiary/aromatic N) is 2. The summed E-state index contributed by atoms with van der Waals surface area (Å²) in [4.78, 5) is 29.5. The number of carbonyl (C=O) groups is 2. The second-order valence-electron chi connectivity index (χ2n) is 7.77. The highest BCUT2D eigenvalue weighted by Gasteiger charge is 2.29. The number of benzene rings is 1. The first kappa shape index (κ1) is 22.3. The van der Waals surface area contributed by atoms with Crippen LogP contribution in [0.1, 0.15) is 58.9 Å². The molecule has 0 aromatic heterocycles. The van der Waals surface area contributed by atoms with Gasteiger partial charge >= 0.3 is 0 Å². The second kappa shape index (κ2) is 10.5. The number of piperidine rings is 1. The third kappa shape index (κ3) is 5.27. The molecular weight excluding hydrogens is 350 g/mol. The van der Waals surface area contributed by atoms with E-state index in [1.165, 1.54) is 5.69 Å². The lowest BCUT2D eigenvalue weighted by Crippen LogP contribution is -2.43. The van der Waals surface area contributed by atoms with Gasteiger partial charge in [0.15, 0.2) is 0 Å². The maximum Gasteiger partial charge on any atom is 0.227 e. The summed E-state index contributed by atoms with van der Waals surface area (Å²) in [6, 6.07) is 6.22. The Hall–Kier alpha value is -2.04. The van der Waals surface area contributed by atoms with Crippen molar-refractivity contribution in [3.8, 4) is 0 Å². The van der Waals surface area contributed by atoms with Crippen molar-refractivity contribution in [1.29, 1.82) is 0 Å². The second-order valence-corrected chi connectivity index (χ2v) is 7.77. The van der Waals surface area contributed by atoms with Crippen molar-refractivity contribution >= 4 is 23.2 Å². The predicted molar refractivity (Wildman–Crippen MR) is 117 cm³/mol. The zero-order valence-electron chi connectivity index (χ0n) is 18.3. The molecule has 0 saturated carbocycles. The van der Waals surface area contributed by atoms with E-state index in [1.54, 1.807) is 0 Å². The zero-order chi connectivity index (χ0) is 20.7. The molecule has 5 heteroatoms. The molecule has 5 nitrogen and oxygen atoms in total. The fourth-order valence-electron chi connectivity index (χ4n) is 4.07. The van der Waals surface area contributed by atoms with E-state index >= 15 is 0 Å². The summed E-state index contributed by atoms with van der Waals surface area (Å²) < 4.78 is 0. The third-order valence-corrected chi connectivity index (χ3v) is 6.11. The SMILES string of the molecule is CCC(CC)C(=O)N1CCC(C(=O)Nc2ccc(N(CC)CC)cc2C)CC1. The molecule has 1 aromatic carbocycles. The number of rotatable bonds is 8. The minimum absolute atomic E-state index is 0.0207. The van der Waals surface area contributed by atoms with Crippen LogP contribution in [0.4, 0.5) is 11.4 Å². The summed E-state index contributed by atoms with van der Waals surface area (Å²) in [5, 5.41) is 3.11. The van der Waals surface area contributed by atoms with E-state index in [0.717, 1.165) is 50.0 Å². The number of hydrogen-bond donors (Lipinski definition) is 1. The standard InChI is InChI=1S/C23H37N3O2/c1-6-18(7-2)23(28)26-14-12-19(13-15-26)22(27)24-21-11-10-20(16-17(21)5)25(8-3)9-4/h10-11,16,18-19H,6-9,12-15H2,1-5H3,(H,24,27). The first-order chi connectivity index (χ1) is 13.4. The first-order valence-corrected chi connectivity index (χ1v) is 10.9. The molecule has 0 radical (unpaired) electrons. The van der Waals surface area contributed by atoms with Crippen molar-refractivity contribution in [2.75, 3.05) is 36.4 Å². The molecule has 1 aliphatic rings. The molecule has 0 aliphatic carbocycles. The molecule has 1 fully saturated rings. The highest BCUT2D eigenvalue weighted by molar-refractivity contribution is 5.93. The predicted octanol–water partition coefficient (Wildman–Crippen LogP) is 4.45. The van der Waals surface area contributed by atoms with Crippen molar-refractivity contribution in [1.82, 2.24) is 4.90 Å². The summed E-state index contributed by atoms with van der Waals surface area (Å²) in [5.74, 6) is 0.435. The molecule has 0 bridgehead atoms. The summed E-state index contributed by atoms with van der Waals surface area (Å²) in [7, 11) is 0. The van der Waals surface area contributed by atoms with Crippen molar-refractivity contribution in [3.63, 3.8) is 0 Å². The van der Waals surface area contributed by atoms with Crippen molar-refractivity contribution in [2.45, 2.75) is 60.3 Å². The minimum atomic E-state index is -0.0207. The van der Waals surface area contributed by atoms with Crippen LogP contribution in [0.25, 0.3) is 0 Å². The van der Waals surface area contributed by atoms with Gasteiger partial charge in [-0.15, -0.1) is 0 Å². The zero-order valence-corrected chi connectivity index (χ0v) is 18.3. The van der Waals surface area contributed by atoms with Gasteiger partial charge in [-0.2, -0.15) is 0 Å². The molecule has 156 valence electrons. The molecule has 1 N–H and O–H groups in total. The van der Waals surface area contributed by atoms with Crippen LogP contribution in [-0.4, -0.2) is 42.9 Å². The summed E-state index contributed by atoms with van der Waals surface area (Å²) in [5.41, 5.74) is 3.16. The number of amides is 2. The molecule has 0 spiro atoms. The highest BCUT2D eigenvalue weighted by atomic mass is 16.2. The van der Waals surface area contributed by atoms with Gasteiger partial charge in [-0.1, -0.05) is 13.8 Å². The van der Waals surface area contributed by atoms with Crippen LogP contribution in [0.3, 0.4) is 0 Å². The Labute approximate surface area is 170 Å². The normalized spacial score (nSPS) is 15.0. The lowest BCUT2D eigenvalue weighted by atomic mass is 9.93. The van der Waals surface area contributed by atoms with E-state index in [0.29, 0.717) is 13.1 Å². The van der Waals surface area contributed by atoms with Crippen LogP contribution in [0.15, 0.2) is 18.2 Å². The van der Waals surface area contributed by atoms with Gasteiger partial charge in [0, 0.05) is 49.4 Å². The van der Waals surface area contributed by atoms with Crippen LogP contribution >= 0.6 is 0 Å². The Kier molecular flexibility index (Phi) is 8.34. The van der Waals surface area contributed by atoms with Gasteiger partial charge in [0.25, 0.3) is 0 Å². The maximum absolute atomic E-state index is 12.7. The lowest BCUT2D eigenvalue weighted by molar-refractivity contribution is -0.138. The molecule has 2 rings (SSSR count). The van der Waals surface area contributed by atoms with Crippen LogP contribution in [0, 0.1) is 18.8 Å². The van der Waals surface area contributed by atoms with Crippen molar-refractivity contribution < 1.29 is 9.59 Å². The number of likely N-dealkylation sites (tertiary alicyclic amines) is 1. The smallest absolute Gasteiger partial charge is 0.227 e. The van der Waals surface area contributed by atoms with Gasteiger partial charge in [0.2, 0.25) is 11.8 Å². The van der Waals surface area contributed by atoms with Crippen LogP contribution in [0.2, 0.25) is 0 Å². The molecule has 1 heterocycles. The van der Waals surface area contributed by atoms with E-state index < -0.39 is 0 Å². The van der Waals surface area contributed by atoms with Gasteiger partial charge in [-0.05, 0) is 70.2 Å². The Morgan fingerprint density at radius 3 is 2.21 bits per heavy atom. The Morgan fingerprint density at radius 2 is 1.71 bits per heavy atom. The highest BCUT2D eigenvalue weighted by Crippen LogP contribution is 2.26. The maximum atomic E-state index is 12.7. The Morgan fingerprint density at radius 1 is 1.11 bits per heavy atom. The van der Waals surface area contributed by atoms with Crippen LogP contribution < -0.4 is 10.2 Å². The lowest BCUT2D eigenvalue weighted by Gasteiger charge is -2.33. The van der Waals surface area contributed by atoms with Gasteiger partial charge < -0.3 is 15.1 Å². The number of hydrogen-bond acceptors (Lipinski definition) is 3. The van der Waals surface area contributed by atoms with E-state index in [9.17, 15) is 9.59 Å². The largest absolute Gasteiger partial charge is 0.372 e. The van der Waals surface area contributed by atoms with Gasteiger partial charge in [0.05, 0.1) is 0 Å². The van der Waals surface area contributed by atoms with Crippen LogP contribution in [-0.2, 0) is 9.59 Å². The fraction of sp³-hybridized carbons (Fsp3) is 0.652. The summed E-state index contributed by atoms with van der Waals surface area (Å²) in [6.45, 7) is 13.8. The van der Waals surface area contributed by atoms with E-state index in [1.807, 2.05) is 17.9 Å². The van der Waals surface area contributed by atoms with Crippen molar-refractivity contribution in [3.05, 3.63) is 23.8 Å². The average Bonchev–Trinajstić information content (AvgIpc) is 2.71. The first-order valence-electron chi connectivity index (χ1n) is 10.9. The van der Waals surface area contributed by atoms with E-state index in [-0.39, 0.29) is 23.7 Å². The topological polar surface area (TPSA) is 52.7 Å². The number of carbonyl (C=O) groups excluding carboxylic acids is 2. The van der Waals surface area contributed by atoms with Crippen LogP contribution in [0.5, 0.6) is 0 Å². The molecule has 28 heavy (non-hydrogen) atoms. The third-order valence-electron chi connectivity index (χ3n) is 6.11. The summed E-state index contributed by atoms with van der Waals surface area (Å²) in [6.07, 6.45) is 3.26. The Bertz CT molecular complexity index is 658. The van der Waals surface area contributed by atoms with E-state index in [2.05, 4.69) is 50.0 Å². The fourth-order valence-corrected chi connectivity index (χ4v) is 4.07. The average molecular weight is 388 g/mol. The molecular formula is C23H37N3O2. The minimum Gasteiger partial charge on any atom is -0.372 e. The number of nitrogens with one attached hydrogen (secondary N) is 1. The van der Waals surface area contributed by atoms with Crippen molar-refractivity contribution in [2.24, 2.45) is 11.8 Å².